The number of rotatable bonds is 8. The Kier molecular flexibility index (Phi) is 8.27. The van der Waals surface area contributed by atoms with Crippen LogP contribution in [0.4, 0.5) is 4.39 Å². The van der Waals surface area contributed by atoms with Crippen molar-refractivity contribution in [1.82, 2.24) is 15.5 Å². The maximum absolute atomic E-state index is 13.4. The van der Waals surface area contributed by atoms with Gasteiger partial charge >= 0.3 is 17.9 Å². The molecule has 1 saturated heterocycles. The Morgan fingerprint density at radius 1 is 1.03 bits per heavy atom. The van der Waals surface area contributed by atoms with Crippen molar-refractivity contribution < 1.29 is 54.8 Å². The number of hydrogen-bond donors (Lipinski definition) is 10. The van der Waals surface area contributed by atoms with Crippen molar-refractivity contribution in [3.05, 3.63) is 34.6 Å². The SMILES string of the molecule is CC(NC(=O)C(O)(O)N1CCC(CNC(=O)c2cc(F)cc(Cl)c2)CC1)(C(O)(O)O)C(O)(O)O. The number of hydrogen-bond acceptors (Lipinski definition) is 11. The second-order valence-corrected chi connectivity index (χ2v) is 8.72. The van der Waals surface area contributed by atoms with Crippen LogP contribution in [-0.2, 0) is 4.79 Å². The number of nitrogens with one attached hydrogen (secondary N) is 2. The van der Waals surface area contributed by atoms with Crippen LogP contribution in [0.25, 0.3) is 0 Å². The molecule has 1 aromatic rings. The van der Waals surface area contributed by atoms with E-state index in [1.807, 2.05) is 0 Å². The average Bonchev–Trinajstić information content (AvgIpc) is 2.69. The molecule has 0 aliphatic carbocycles. The lowest BCUT2D eigenvalue weighted by Gasteiger charge is -2.45. The van der Waals surface area contributed by atoms with Crippen molar-refractivity contribution in [1.29, 1.82) is 0 Å². The molecule has 1 aliphatic rings. The molecule has 0 bridgehead atoms. The number of carbonyl (C=O) groups is 2. The van der Waals surface area contributed by atoms with Crippen molar-refractivity contribution >= 4 is 23.4 Å². The largest absolute Gasteiger partial charge is 0.352 e. The highest BCUT2D eigenvalue weighted by molar-refractivity contribution is 6.31. The molecule has 34 heavy (non-hydrogen) atoms. The van der Waals surface area contributed by atoms with E-state index in [1.165, 1.54) is 11.4 Å². The predicted octanol–water partition coefficient (Wildman–Crippen LogP) is -3.30. The minimum Gasteiger partial charge on any atom is -0.352 e. The third-order valence-electron chi connectivity index (χ3n) is 5.74. The molecule has 13 nitrogen and oxygen atoms in total. The second kappa shape index (κ2) is 9.94. The Morgan fingerprint density at radius 3 is 2.03 bits per heavy atom. The fourth-order valence-corrected chi connectivity index (χ4v) is 3.54. The van der Waals surface area contributed by atoms with Crippen LogP contribution < -0.4 is 10.6 Å². The summed E-state index contributed by atoms with van der Waals surface area (Å²) < 4.78 is 13.4. The van der Waals surface area contributed by atoms with E-state index >= 15 is 0 Å². The lowest BCUT2D eigenvalue weighted by Crippen LogP contribution is -2.77. The van der Waals surface area contributed by atoms with Crippen molar-refractivity contribution in [2.75, 3.05) is 19.6 Å². The zero-order chi connectivity index (χ0) is 26.1. The molecule has 0 spiro atoms. The fourth-order valence-electron chi connectivity index (χ4n) is 3.32. The summed E-state index contributed by atoms with van der Waals surface area (Å²) in [6.07, 6.45) is 0.511. The highest BCUT2D eigenvalue weighted by atomic mass is 35.5. The lowest BCUT2D eigenvalue weighted by atomic mass is 9.94. The number of likely N-dealkylation sites (tertiary alicyclic amines) is 1. The zero-order valence-corrected chi connectivity index (χ0v) is 18.7. The third-order valence-corrected chi connectivity index (χ3v) is 5.96. The van der Waals surface area contributed by atoms with E-state index < -0.39 is 41.0 Å². The molecule has 0 unspecified atom stereocenters. The number of halogens is 2. The van der Waals surface area contributed by atoms with Gasteiger partial charge < -0.3 is 51.5 Å². The molecule has 15 heteroatoms. The molecule has 1 aliphatic heterocycles. The molecule has 1 heterocycles. The monoisotopic (exact) mass is 511 g/mol. The fraction of sp³-hybridized carbons (Fsp3) is 0.579. The first-order chi connectivity index (χ1) is 15.4. The van der Waals surface area contributed by atoms with Gasteiger partial charge in [0.1, 0.15) is 5.82 Å². The molecule has 0 aromatic heterocycles. The highest BCUT2D eigenvalue weighted by Crippen LogP contribution is 2.29. The Labute approximate surface area is 197 Å². The molecule has 2 amide bonds. The number of carbonyl (C=O) groups excluding carboxylic acids is 2. The summed E-state index contributed by atoms with van der Waals surface area (Å²) >= 11 is 5.73. The summed E-state index contributed by atoms with van der Waals surface area (Å²) in [5, 5.41) is 80.6. The second-order valence-electron chi connectivity index (χ2n) is 8.28. The van der Waals surface area contributed by atoms with Gasteiger partial charge in [-0.1, -0.05) is 11.6 Å². The number of nitrogens with zero attached hydrogens (tertiary/aromatic N) is 1. The molecule has 10 N–H and O–H groups in total. The standard InChI is InChI=1S/C19H27ClFN3O10/c1-16(18(29,30)31,19(32,33)34)23-15(26)17(27,28)24-4-2-10(3-5-24)9-22-14(25)11-6-12(20)8-13(21)7-11/h6-8,10,27-34H,2-5,9H2,1H3,(H,22,25)(H,23,26). The van der Waals surface area contributed by atoms with E-state index in [9.17, 15) is 54.8 Å². The number of piperidine rings is 1. The van der Waals surface area contributed by atoms with Crippen LogP contribution in [0.15, 0.2) is 18.2 Å². The minimum absolute atomic E-state index is 0.0207. The van der Waals surface area contributed by atoms with Crippen LogP contribution in [0.3, 0.4) is 0 Å². The van der Waals surface area contributed by atoms with Crippen molar-refractivity contribution in [3.8, 4) is 0 Å². The first-order valence-electron chi connectivity index (χ1n) is 9.99. The molecule has 1 fully saturated rings. The summed E-state index contributed by atoms with van der Waals surface area (Å²) in [6.45, 7) is 0.365. The number of aliphatic hydroxyl groups is 8. The van der Waals surface area contributed by atoms with Gasteiger partial charge in [-0.3, -0.25) is 9.59 Å². The van der Waals surface area contributed by atoms with Gasteiger partial charge in [0, 0.05) is 30.2 Å². The van der Waals surface area contributed by atoms with Crippen LogP contribution >= 0.6 is 11.6 Å². The summed E-state index contributed by atoms with van der Waals surface area (Å²) in [5.41, 5.74) is -3.36. The van der Waals surface area contributed by atoms with Gasteiger partial charge in [-0.2, -0.15) is 0 Å². The van der Waals surface area contributed by atoms with Gasteiger partial charge in [-0.05, 0) is 43.9 Å². The Hall–Kier alpha value is -1.98. The summed E-state index contributed by atoms with van der Waals surface area (Å²) in [5.74, 6) is -14.7. The highest BCUT2D eigenvalue weighted by Gasteiger charge is 2.62. The molecule has 0 atom stereocenters. The van der Waals surface area contributed by atoms with E-state index in [4.69, 9.17) is 11.6 Å². The average molecular weight is 512 g/mol. The number of amides is 2. The molecule has 2 rings (SSSR count). The molecule has 192 valence electrons. The zero-order valence-electron chi connectivity index (χ0n) is 17.9. The maximum Gasteiger partial charge on any atom is 0.308 e. The third kappa shape index (κ3) is 6.17. The molecule has 0 saturated carbocycles. The van der Waals surface area contributed by atoms with Crippen molar-refractivity contribution in [2.45, 2.75) is 43.2 Å². The van der Waals surface area contributed by atoms with Gasteiger partial charge in [0.25, 0.3) is 11.8 Å². The molecular weight excluding hydrogens is 485 g/mol. The predicted molar refractivity (Wildman–Crippen MR) is 111 cm³/mol. The van der Waals surface area contributed by atoms with Crippen molar-refractivity contribution in [3.63, 3.8) is 0 Å². The normalized spacial score (nSPS) is 16.9. The first kappa shape index (κ1) is 28.3. The van der Waals surface area contributed by atoms with Crippen molar-refractivity contribution in [2.24, 2.45) is 5.92 Å². The van der Waals surface area contributed by atoms with E-state index in [0.29, 0.717) is 6.92 Å². The lowest BCUT2D eigenvalue weighted by molar-refractivity contribution is -0.449. The Balaban J connectivity index is 1.96. The van der Waals surface area contributed by atoms with E-state index in [2.05, 4.69) is 5.32 Å². The van der Waals surface area contributed by atoms with E-state index in [-0.39, 0.29) is 49.0 Å². The summed E-state index contributed by atoms with van der Waals surface area (Å²) in [4.78, 5) is 25.4. The van der Waals surface area contributed by atoms with E-state index in [0.717, 1.165) is 17.0 Å². The van der Waals surface area contributed by atoms with Gasteiger partial charge in [-0.25, -0.2) is 9.29 Å². The van der Waals surface area contributed by atoms with Crippen LogP contribution in [0.5, 0.6) is 0 Å². The van der Waals surface area contributed by atoms with E-state index in [1.54, 1.807) is 0 Å². The van der Waals surface area contributed by atoms with Crippen LogP contribution in [0.2, 0.25) is 5.02 Å². The molecule has 1 aromatic carbocycles. The van der Waals surface area contributed by atoms with Gasteiger partial charge in [0.05, 0.1) is 0 Å². The first-order valence-corrected chi connectivity index (χ1v) is 10.4. The molecular formula is C19H27ClFN3O10. The maximum atomic E-state index is 13.4. The van der Waals surface area contributed by atoms with Gasteiger partial charge in [0.15, 0.2) is 0 Å². The van der Waals surface area contributed by atoms with Gasteiger partial charge in [-0.15, -0.1) is 0 Å². The Morgan fingerprint density at radius 2 is 1.56 bits per heavy atom. The van der Waals surface area contributed by atoms with Crippen LogP contribution in [0, 0.1) is 11.7 Å². The van der Waals surface area contributed by atoms with Crippen LogP contribution in [0.1, 0.15) is 30.1 Å². The molecule has 0 radical (unpaired) electrons. The topological polar surface area (TPSA) is 223 Å². The minimum atomic E-state index is -4.09. The summed E-state index contributed by atoms with van der Waals surface area (Å²) in [7, 11) is 0. The van der Waals surface area contributed by atoms with Crippen LogP contribution in [-0.4, -0.2) is 101 Å². The number of benzene rings is 1. The Bertz CT molecular complexity index is 876. The summed E-state index contributed by atoms with van der Waals surface area (Å²) in [6, 6.07) is 3.36. The quantitative estimate of drug-likeness (QED) is 0.155. The van der Waals surface area contributed by atoms with Gasteiger partial charge in [0.2, 0.25) is 5.54 Å². The smallest absolute Gasteiger partial charge is 0.308 e.